The molecule has 116 valence electrons. The third-order valence-corrected chi connectivity index (χ3v) is 3.56. The number of hydrogen-bond acceptors (Lipinski definition) is 3. The second-order valence-electron chi connectivity index (χ2n) is 5.03. The lowest BCUT2D eigenvalue weighted by atomic mass is 10.2. The first-order chi connectivity index (χ1) is 10.7. The summed E-state index contributed by atoms with van der Waals surface area (Å²) in [5, 5.41) is 6.58. The highest BCUT2D eigenvalue weighted by Gasteiger charge is 2.09. The van der Waals surface area contributed by atoms with E-state index in [4.69, 9.17) is 11.6 Å². The van der Waals surface area contributed by atoms with Gasteiger partial charge < -0.3 is 10.6 Å². The van der Waals surface area contributed by atoms with Gasteiger partial charge in [-0.3, -0.25) is 9.78 Å². The average Bonchev–Trinajstić information content (AvgIpc) is 2.54. The summed E-state index contributed by atoms with van der Waals surface area (Å²) in [4.78, 5) is 16.4. The summed E-state index contributed by atoms with van der Waals surface area (Å²) in [6, 6.07) is 8.94. The first kappa shape index (κ1) is 16.3. The third kappa shape index (κ3) is 4.74. The minimum absolute atomic E-state index is 0.224. The van der Waals surface area contributed by atoms with Gasteiger partial charge in [-0.05, 0) is 24.6 Å². The van der Waals surface area contributed by atoms with Crippen LogP contribution in [-0.2, 0) is 0 Å². The van der Waals surface area contributed by atoms with Crippen molar-refractivity contribution < 1.29 is 4.79 Å². The zero-order valence-corrected chi connectivity index (χ0v) is 13.4. The zero-order chi connectivity index (χ0) is 15.8. The van der Waals surface area contributed by atoms with Gasteiger partial charge >= 0.3 is 0 Å². The first-order valence-corrected chi connectivity index (χ1v) is 7.83. The van der Waals surface area contributed by atoms with E-state index in [1.807, 2.05) is 12.1 Å². The van der Waals surface area contributed by atoms with Crippen molar-refractivity contribution in [2.24, 2.45) is 0 Å². The van der Waals surface area contributed by atoms with Crippen molar-refractivity contribution in [3.8, 4) is 0 Å². The van der Waals surface area contributed by atoms with Gasteiger partial charge in [-0.25, -0.2) is 0 Å². The van der Waals surface area contributed by atoms with Crippen LogP contribution in [0.5, 0.6) is 0 Å². The van der Waals surface area contributed by atoms with Gasteiger partial charge in [0, 0.05) is 18.9 Å². The van der Waals surface area contributed by atoms with Crippen LogP contribution in [0.15, 0.2) is 42.7 Å². The standard InChI is InChI=1S/C17H20ClN3O/c1-2-3-6-9-20-14-10-13(11-19-12-14)17(22)21-16-8-5-4-7-15(16)18/h4-5,7-8,10-12,20H,2-3,6,9H2,1H3,(H,21,22). The van der Waals surface area contributed by atoms with Crippen LogP contribution >= 0.6 is 11.6 Å². The monoisotopic (exact) mass is 317 g/mol. The van der Waals surface area contributed by atoms with Crippen LogP contribution in [0.25, 0.3) is 0 Å². The molecule has 0 aliphatic heterocycles. The molecule has 0 radical (unpaired) electrons. The van der Waals surface area contributed by atoms with Crippen molar-refractivity contribution in [1.82, 2.24) is 4.98 Å². The van der Waals surface area contributed by atoms with Crippen LogP contribution in [0.3, 0.4) is 0 Å². The van der Waals surface area contributed by atoms with Crippen molar-refractivity contribution >= 4 is 28.9 Å². The van der Waals surface area contributed by atoms with Gasteiger partial charge in [0.1, 0.15) is 0 Å². The number of para-hydroxylation sites is 1. The molecule has 0 spiro atoms. The Hall–Kier alpha value is -2.07. The summed E-state index contributed by atoms with van der Waals surface area (Å²) in [5.74, 6) is -0.224. The highest BCUT2D eigenvalue weighted by Crippen LogP contribution is 2.21. The Morgan fingerprint density at radius 1 is 1.23 bits per heavy atom. The maximum atomic E-state index is 12.3. The largest absolute Gasteiger partial charge is 0.384 e. The molecule has 2 aromatic rings. The Labute approximate surface area is 135 Å². The van der Waals surface area contributed by atoms with E-state index in [2.05, 4.69) is 22.5 Å². The fraction of sp³-hybridized carbons (Fsp3) is 0.294. The second kappa shape index (κ2) is 8.39. The number of carbonyl (C=O) groups is 1. The molecule has 0 atom stereocenters. The fourth-order valence-electron chi connectivity index (χ4n) is 2.03. The minimum Gasteiger partial charge on any atom is -0.384 e. The number of halogens is 1. The predicted octanol–water partition coefficient (Wildman–Crippen LogP) is 4.59. The molecule has 0 fully saturated rings. The predicted molar refractivity (Wildman–Crippen MR) is 91.7 cm³/mol. The van der Waals surface area contributed by atoms with Gasteiger partial charge in [-0.2, -0.15) is 0 Å². The molecule has 0 saturated heterocycles. The molecule has 0 aliphatic rings. The van der Waals surface area contributed by atoms with E-state index in [9.17, 15) is 4.79 Å². The molecule has 1 aromatic carbocycles. The summed E-state index contributed by atoms with van der Waals surface area (Å²) in [6.45, 7) is 3.05. The first-order valence-electron chi connectivity index (χ1n) is 7.45. The van der Waals surface area contributed by atoms with Crippen LogP contribution in [0.2, 0.25) is 5.02 Å². The van der Waals surface area contributed by atoms with Gasteiger partial charge in [-0.1, -0.05) is 43.5 Å². The van der Waals surface area contributed by atoms with E-state index in [0.717, 1.165) is 18.7 Å². The summed E-state index contributed by atoms with van der Waals surface area (Å²) in [6.07, 6.45) is 6.74. The van der Waals surface area contributed by atoms with E-state index >= 15 is 0 Å². The molecule has 0 saturated carbocycles. The number of hydrogen-bond donors (Lipinski definition) is 2. The Bertz CT molecular complexity index is 631. The number of anilines is 2. The van der Waals surface area contributed by atoms with Crippen LogP contribution in [0.4, 0.5) is 11.4 Å². The van der Waals surface area contributed by atoms with Gasteiger partial charge in [0.2, 0.25) is 0 Å². The molecule has 5 heteroatoms. The molecule has 0 aliphatic carbocycles. The number of carbonyl (C=O) groups excluding carboxylic acids is 1. The van der Waals surface area contributed by atoms with Gasteiger partial charge in [0.25, 0.3) is 5.91 Å². The minimum atomic E-state index is -0.224. The van der Waals surface area contributed by atoms with E-state index in [0.29, 0.717) is 16.3 Å². The highest BCUT2D eigenvalue weighted by molar-refractivity contribution is 6.33. The molecule has 2 rings (SSSR count). The number of nitrogens with zero attached hydrogens (tertiary/aromatic N) is 1. The van der Waals surface area contributed by atoms with Crippen molar-refractivity contribution in [3.05, 3.63) is 53.3 Å². The van der Waals surface area contributed by atoms with Gasteiger partial charge in [0.05, 0.1) is 22.0 Å². The summed E-state index contributed by atoms with van der Waals surface area (Å²) in [7, 11) is 0. The number of amides is 1. The molecule has 1 aromatic heterocycles. The van der Waals surface area contributed by atoms with Crippen molar-refractivity contribution in [2.45, 2.75) is 26.2 Å². The summed E-state index contributed by atoms with van der Waals surface area (Å²) < 4.78 is 0. The fourth-order valence-corrected chi connectivity index (χ4v) is 2.21. The Morgan fingerprint density at radius 2 is 2.05 bits per heavy atom. The number of benzene rings is 1. The summed E-state index contributed by atoms with van der Waals surface area (Å²) in [5.41, 5.74) is 1.94. The molecule has 2 N–H and O–H groups in total. The maximum absolute atomic E-state index is 12.3. The molecule has 22 heavy (non-hydrogen) atoms. The number of nitrogens with one attached hydrogen (secondary N) is 2. The van der Waals surface area contributed by atoms with E-state index in [1.165, 1.54) is 12.8 Å². The van der Waals surface area contributed by atoms with Crippen LogP contribution < -0.4 is 10.6 Å². The maximum Gasteiger partial charge on any atom is 0.257 e. The molecular weight excluding hydrogens is 298 g/mol. The lowest BCUT2D eigenvalue weighted by Gasteiger charge is -2.09. The quantitative estimate of drug-likeness (QED) is 0.734. The Balaban J connectivity index is 1.99. The number of aromatic nitrogens is 1. The SMILES string of the molecule is CCCCCNc1cncc(C(=O)Nc2ccccc2Cl)c1. The van der Waals surface area contributed by atoms with Crippen molar-refractivity contribution in [1.29, 1.82) is 0 Å². The van der Waals surface area contributed by atoms with Crippen LogP contribution in [0.1, 0.15) is 36.5 Å². The average molecular weight is 318 g/mol. The normalized spacial score (nSPS) is 10.3. The molecule has 1 heterocycles. The number of unbranched alkanes of at least 4 members (excludes halogenated alkanes) is 2. The van der Waals surface area contributed by atoms with Crippen molar-refractivity contribution in [2.75, 3.05) is 17.2 Å². The van der Waals surface area contributed by atoms with E-state index in [1.54, 1.807) is 30.6 Å². The smallest absolute Gasteiger partial charge is 0.257 e. The van der Waals surface area contributed by atoms with Crippen molar-refractivity contribution in [3.63, 3.8) is 0 Å². The van der Waals surface area contributed by atoms with Gasteiger partial charge in [-0.15, -0.1) is 0 Å². The van der Waals surface area contributed by atoms with Crippen LogP contribution in [-0.4, -0.2) is 17.4 Å². The van der Waals surface area contributed by atoms with Crippen LogP contribution in [0, 0.1) is 0 Å². The third-order valence-electron chi connectivity index (χ3n) is 3.23. The molecule has 4 nitrogen and oxygen atoms in total. The Kier molecular flexibility index (Phi) is 6.22. The summed E-state index contributed by atoms with van der Waals surface area (Å²) >= 11 is 6.04. The van der Waals surface area contributed by atoms with E-state index in [-0.39, 0.29) is 5.91 Å². The zero-order valence-electron chi connectivity index (χ0n) is 12.6. The lowest BCUT2D eigenvalue weighted by molar-refractivity contribution is 0.102. The molecular formula is C17H20ClN3O. The topological polar surface area (TPSA) is 54.0 Å². The lowest BCUT2D eigenvalue weighted by Crippen LogP contribution is -2.13. The second-order valence-corrected chi connectivity index (χ2v) is 5.44. The molecule has 1 amide bonds. The molecule has 0 bridgehead atoms. The van der Waals surface area contributed by atoms with E-state index < -0.39 is 0 Å². The highest BCUT2D eigenvalue weighted by atomic mass is 35.5. The number of pyridine rings is 1. The number of rotatable bonds is 7. The van der Waals surface area contributed by atoms with Gasteiger partial charge in [0.15, 0.2) is 0 Å². The Morgan fingerprint density at radius 3 is 2.82 bits per heavy atom. The molecule has 0 unspecified atom stereocenters.